The van der Waals surface area contributed by atoms with Gasteiger partial charge in [0.2, 0.25) is 0 Å². The molecule has 5 nitrogen and oxygen atoms in total. The van der Waals surface area contributed by atoms with Gasteiger partial charge in [0.25, 0.3) is 0 Å². The molecule has 0 N–H and O–H groups in total. The van der Waals surface area contributed by atoms with Gasteiger partial charge < -0.3 is 4.74 Å². The molecule has 0 aromatic carbocycles. The van der Waals surface area contributed by atoms with E-state index in [1.165, 1.54) is 0 Å². The van der Waals surface area contributed by atoms with Crippen molar-refractivity contribution in [2.75, 3.05) is 6.61 Å². The van der Waals surface area contributed by atoms with Gasteiger partial charge in [-0.2, -0.15) is 0 Å². The van der Waals surface area contributed by atoms with Crippen molar-refractivity contribution >= 4 is 17.5 Å². The van der Waals surface area contributed by atoms with Crippen molar-refractivity contribution in [2.24, 2.45) is 10.9 Å². The molecule has 0 amide bonds. The number of hydrogen-bond donors (Lipinski definition) is 0. The summed E-state index contributed by atoms with van der Waals surface area (Å²) in [6, 6.07) is 3.74. The molecule has 1 aliphatic heterocycles. The summed E-state index contributed by atoms with van der Waals surface area (Å²) >= 11 is 0. The number of Topliss-reactive ketones (excluding diaryl/α,β-unsaturated/α-hetero) is 1. The van der Waals surface area contributed by atoms with E-state index in [1.54, 1.807) is 19.3 Å². The Balaban J connectivity index is 2.14. The molecule has 0 saturated heterocycles. The Hall–Kier alpha value is -2.30. The van der Waals surface area contributed by atoms with Gasteiger partial charge in [-0.3, -0.25) is 14.8 Å². The van der Waals surface area contributed by atoms with E-state index in [-0.39, 0.29) is 23.6 Å². The molecule has 2 heterocycles. The highest BCUT2D eigenvalue weighted by Crippen LogP contribution is 2.42. The average molecular weight is 312 g/mol. The highest BCUT2D eigenvalue weighted by atomic mass is 16.5. The summed E-state index contributed by atoms with van der Waals surface area (Å²) in [7, 11) is 0. The molecule has 1 saturated carbocycles. The summed E-state index contributed by atoms with van der Waals surface area (Å²) in [4.78, 5) is 33.8. The third kappa shape index (κ3) is 2.83. The van der Waals surface area contributed by atoms with Crippen LogP contribution in [-0.4, -0.2) is 29.1 Å². The van der Waals surface area contributed by atoms with Gasteiger partial charge in [-0.15, -0.1) is 0 Å². The van der Waals surface area contributed by atoms with Gasteiger partial charge in [0.05, 0.1) is 18.1 Å². The number of carbonyl (C=O) groups is 2. The molecule has 3 rings (SSSR count). The summed E-state index contributed by atoms with van der Waals surface area (Å²) in [6.45, 7) is 3.89. The second kappa shape index (κ2) is 6.44. The zero-order chi connectivity index (χ0) is 16.4. The first-order valence-electron chi connectivity index (χ1n) is 8.01. The van der Waals surface area contributed by atoms with Crippen LogP contribution in [0.3, 0.4) is 0 Å². The number of rotatable bonds is 3. The minimum Gasteiger partial charge on any atom is -0.463 e. The van der Waals surface area contributed by atoms with Crippen molar-refractivity contribution < 1.29 is 14.3 Å². The Morgan fingerprint density at radius 3 is 2.87 bits per heavy atom. The summed E-state index contributed by atoms with van der Waals surface area (Å²) < 4.78 is 5.22. The van der Waals surface area contributed by atoms with Gasteiger partial charge in [0.1, 0.15) is 5.78 Å². The van der Waals surface area contributed by atoms with E-state index in [4.69, 9.17) is 4.74 Å². The largest absolute Gasteiger partial charge is 0.463 e. The number of aliphatic imine (C=N–C) groups is 1. The number of nitrogens with zero attached hydrogens (tertiary/aromatic N) is 2. The summed E-state index contributed by atoms with van der Waals surface area (Å²) in [6.07, 6.45) is 5.58. The molecule has 5 heteroatoms. The van der Waals surface area contributed by atoms with Crippen LogP contribution in [0.25, 0.3) is 0 Å². The first-order chi connectivity index (χ1) is 11.1. The molecule has 1 aromatic heterocycles. The number of pyridine rings is 1. The maximum Gasteiger partial charge on any atom is 0.336 e. The van der Waals surface area contributed by atoms with Crippen molar-refractivity contribution in [2.45, 2.75) is 39.0 Å². The van der Waals surface area contributed by atoms with E-state index in [1.807, 2.05) is 19.1 Å². The van der Waals surface area contributed by atoms with Gasteiger partial charge in [-0.05, 0) is 38.3 Å². The fourth-order valence-electron chi connectivity index (χ4n) is 3.51. The first kappa shape index (κ1) is 15.6. The Morgan fingerprint density at radius 2 is 2.17 bits per heavy atom. The molecule has 23 heavy (non-hydrogen) atoms. The van der Waals surface area contributed by atoms with E-state index in [0.29, 0.717) is 24.3 Å². The van der Waals surface area contributed by atoms with Gasteiger partial charge in [0, 0.05) is 36.1 Å². The second-order valence-corrected chi connectivity index (χ2v) is 5.88. The molecular weight excluding hydrogens is 292 g/mol. The minimum atomic E-state index is -0.389. The third-order valence-corrected chi connectivity index (χ3v) is 4.45. The number of ether oxygens (including phenoxy) is 1. The summed E-state index contributed by atoms with van der Waals surface area (Å²) in [5.41, 5.74) is 2.89. The number of hydrogen-bond acceptors (Lipinski definition) is 5. The van der Waals surface area contributed by atoms with Crippen LogP contribution in [-0.2, 0) is 14.3 Å². The Labute approximate surface area is 135 Å². The lowest BCUT2D eigenvalue weighted by Crippen LogP contribution is -2.39. The van der Waals surface area contributed by atoms with Crippen LogP contribution in [0.4, 0.5) is 0 Å². The lowest BCUT2D eigenvalue weighted by atomic mass is 9.70. The standard InChI is InChI=1S/C18H20N2O3/c1-3-23-18(22)15-11(2)20-13-7-4-8-14(21)17(13)16(15)12-6-5-9-19-10-12/h5-6,9-10,16-17H,3-4,7-8H2,1-2H3/t16-,17-/m1/s1. The molecule has 1 aliphatic carbocycles. The number of ketones is 1. The van der Waals surface area contributed by atoms with Gasteiger partial charge in [0.15, 0.2) is 0 Å². The Morgan fingerprint density at radius 1 is 1.35 bits per heavy atom. The van der Waals surface area contributed by atoms with E-state index in [9.17, 15) is 9.59 Å². The maximum atomic E-state index is 12.6. The average Bonchev–Trinajstić information content (AvgIpc) is 2.54. The van der Waals surface area contributed by atoms with Crippen molar-refractivity contribution in [3.05, 3.63) is 41.4 Å². The molecule has 1 aromatic rings. The normalized spacial score (nSPS) is 24.1. The van der Waals surface area contributed by atoms with E-state index >= 15 is 0 Å². The van der Waals surface area contributed by atoms with E-state index in [2.05, 4.69) is 9.98 Å². The van der Waals surface area contributed by atoms with Crippen LogP contribution in [0, 0.1) is 5.92 Å². The smallest absolute Gasteiger partial charge is 0.336 e. The molecular formula is C18H20N2O3. The van der Waals surface area contributed by atoms with Crippen LogP contribution in [0.2, 0.25) is 0 Å². The van der Waals surface area contributed by atoms with Crippen molar-refractivity contribution in [3.8, 4) is 0 Å². The first-order valence-corrected chi connectivity index (χ1v) is 8.01. The molecule has 1 fully saturated rings. The van der Waals surface area contributed by atoms with Crippen LogP contribution in [0.5, 0.6) is 0 Å². The Kier molecular flexibility index (Phi) is 4.37. The van der Waals surface area contributed by atoms with E-state index in [0.717, 1.165) is 24.1 Å². The second-order valence-electron chi connectivity index (χ2n) is 5.88. The Bertz CT molecular complexity index is 691. The van der Waals surface area contributed by atoms with Crippen LogP contribution < -0.4 is 0 Å². The molecule has 0 bridgehead atoms. The number of allylic oxidation sites excluding steroid dienone is 1. The third-order valence-electron chi connectivity index (χ3n) is 4.45. The SMILES string of the molecule is CCOC(=O)C1=C(C)N=C2CCCC(=O)[C@@H]2[C@@H]1c1cccnc1. The topological polar surface area (TPSA) is 68.6 Å². The van der Waals surface area contributed by atoms with Crippen LogP contribution >= 0.6 is 0 Å². The minimum absolute atomic E-state index is 0.151. The molecule has 0 spiro atoms. The van der Waals surface area contributed by atoms with Crippen molar-refractivity contribution in [3.63, 3.8) is 0 Å². The predicted octanol–water partition coefficient (Wildman–Crippen LogP) is 2.83. The van der Waals surface area contributed by atoms with Gasteiger partial charge in [-0.1, -0.05) is 6.07 Å². The molecule has 0 radical (unpaired) electrons. The van der Waals surface area contributed by atoms with Crippen molar-refractivity contribution in [1.82, 2.24) is 4.98 Å². The van der Waals surface area contributed by atoms with Gasteiger partial charge in [-0.25, -0.2) is 4.79 Å². The van der Waals surface area contributed by atoms with Crippen LogP contribution in [0.1, 0.15) is 44.6 Å². The predicted molar refractivity (Wildman–Crippen MR) is 86.1 cm³/mol. The number of esters is 1. The lowest BCUT2D eigenvalue weighted by Gasteiger charge is -2.35. The number of fused-ring (bicyclic) bond motifs is 1. The quantitative estimate of drug-likeness (QED) is 0.805. The zero-order valence-corrected chi connectivity index (χ0v) is 13.4. The molecule has 2 aliphatic rings. The number of carbonyl (C=O) groups excluding carboxylic acids is 2. The summed E-state index contributed by atoms with van der Waals surface area (Å²) in [5, 5.41) is 0. The lowest BCUT2D eigenvalue weighted by molar-refractivity contribution is -0.139. The van der Waals surface area contributed by atoms with Gasteiger partial charge >= 0.3 is 5.97 Å². The zero-order valence-electron chi connectivity index (χ0n) is 13.4. The number of aromatic nitrogens is 1. The van der Waals surface area contributed by atoms with Crippen molar-refractivity contribution in [1.29, 1.82) is 0 Å². The summed E-state index contributed by atoms with van der Waals surface area (Å²) in [5.74, 6) is -0.947. The van der Waals surface area contributed by atoms with E-state index < -0.39 is 0 Å². The molecule has 2 atom stereocenters. The maximum absolute atomic E-state index is 12.6. The van der Waals surface area contributed by atoms with Crippen LogP contribution in [0.15, 0.2) is 40.8 Å². The monoisotopic (exact) mass is 312 g/mol. The fourth-order valence-corrected chi connectivity index (χ4v) is 3.51. The fraction of sp³-hybridized carbons (Fsp3) is 0.444. The highest BCUT2D eigenvalue weighted by molar-refractivity contribution is 6.11. The molecule has 0 unspecified atom stereocenters. The highest BCUT2D eigenvalue weighted by Gasteiger charge is 2.43. The molecule has 120 valence electrons.